The maximum Gasteiger partial charge on any atom is 0.292 e. The van der Waals surface area contributed by atoms with Crippen molar-refractivity contribution in [2.75, 3.05) is 32.0 Å². The molecule has 1 fully saturated rings. The normalized spacial score (nSPS) is 18.5. The summed E-state index contributed by atoms with van der Waals surface area (Å²) in [7, 11) is 2.13. The molecule has 3 rings (SSSR count). The van der Waals surface area contributed by atoms with Gasteiger partial charge in [-0.1, -0.05) is 23.2 Å². The highest BCUT2D eigenvalue weighted by atomic mass is 35.5. The Balaban J connectivity index is 1.75. The summed E-state index contributed by atoms with van der Waals surface area (Å²) in [6.45, 7) is 2.99. The van der Waals surface area contributed by atoms with Crippen LogP contribution in [0.2, 0.25) is 10.0 Å². The summed E-state index contributed by atoms with van der Waals surface area (Å²) in [5.74, 6) is 0.554. The van der Waals surface area contributed by atoms with E-state index in [9.17, 15) is 4.79 Å². The van der Waals surface area contributed by atoms with Crippen molar-refractivity contribution in [3.05, 3.63) is 50.9 Å². The predicted octanol–water partition coefficient (Wildman–Crippen LogP) is 3.29. The molecular formula is C17H20Cl2N4O. The highest BCUT2D eigenvalue weighted by Gasteiger charge is 2.18. The molecule has 2 heterocycles. The quantitative estimate of drug-likeness (QED) is 0.901. The Labute approximate surface area is 151 Å². The second-order valence-electron chi connectivity index (χ2n) is 6.22. The molecule has 24 heavy (non-hydrogen) atoms. The van der Waals surface area contributed by atoms with Crippen LogP contribution in [0.25, 0.3) is 5.69 Å². The van der Waals surface area contributed by atoms with Gasteiger partial charge in [0, 0.05) is 18.1 Å². The minimum absolute atomic E-state index is 0.157. The van der Waals surface area contributed by atoms with E-state index < -0.39 is 0 Å². The van der Waals surface area contributed by atoms with Crippen LogP contribution in [-0.2, 0) is 0 Å². The first-order chi connectivity index (χ1) is 11.5. The van der Waals surface area contributed by atoms with Crippen LogP contribution in [-0.4, -0.2) is 41.4 Å². The lowest BCUT2D eigenvalue weighted by atomic mass is 9.98. The minimum Gasteiger partial charge on any atom is -0.382 e. The van der Waals surface area contributed by atoms with Gasteiger partial charge in [0.25, 0.3) is 5.56 Å². The SMILES string of the molecule is CN1CCCC(CNc2cnn(-c3ccc(Cl)cc3)c(=O)c2Cl)C1. The third-order valence-corrected chi connectivity index (χ3v) is 4.91. The Hall–Kier alpha value is -1.56. The second kappa shape index (κ2) is 7.55. The maximum atomic E-state index is 12.5. The van der Waals surface area contributed by atoms with Crippen LogP contribution in [0, 0.1) is 5.92 Å². The van der Waals surface area contributed by atoms with Crippen LogP contribution in [0.1, 0.15) is 12.8 Å². The second-order valence-corrected chi connectivity index (χ2v) is 7.03. The van der Waals surface area contributed by atoms with Crippen molar-refractivity contribution < 1.29 is 0 Å². The Bertz CT molecular complexity index is 760. The summed E-state index contributed by atoms with van der Waals surface area (Å²) in [6, 6.07) is 6.89. The number of benzene rings is 1. The van der Waals surface area contributed by atoms with E-state index in [1.807, 2.05) is 0 Å². The molecule has 1 N–H and O–H groups in total. The van der Waals surface area contributed by atoms with E-state index in [0.717, 1.165) is 19.6 Å². The van der Waals surface area contributed by atoms with Crippen molar-refractivity contribution in [3.8, 4) is 5.69 Å². The molecule has 0 radical (unpaired) electrons. The number of halogens is 2. The van der Waals surface area contributed by atoms with E-state index in [1.54, 1.807) is 30.5 Å². The van der Waals surface area contributed by atoms with Crippen molar-refractivity contribution in [3.63, 3.8) is 0 Å². The van der Waals surface area contributed by atoms with Gasteiger partial charge in [0.15, 0.2) is 0 Å². The Morgan fingerprint density at radius 1 is 1.29 bits per heavy atom. The van der Waals surface area contributed by atoms with E-state index in [2.05, 4.69) is 22.4 Å². The Kier molecular flexibility index (Phi) is 5.43. The van der Waals surface area contributed by atoms with Crippen LogP contribution in [0.5, 0.6) is 0 Å². The van der Waals surface area contributed by atoms with Crippen molar-refractivity contribution in [2.45, 2.75) is 12.8 Å². The fraction of sp³-hybridized carbons (Fsp3) is 0.412. The minimum atomic E-state index is -0.343. The summed E-state index contributed by atoms with van der Waals surface area (Å²) in [4.78, 5) is 14.8. The molecule has 0 spiro atoms. The average Bonchev–Trinajstić information content (AvgIpc) is 2.57. The topological polar surface area (TPSA) is 50.2 Å². The molecule has 5 nitrogen and oxygen atoms in total. The highest BCUT2D eigenvalue weighted by molar-refractivity contribution is 6.33. The van der Waals surface area contributed by atoms with Crippen molar-refractivity contribution in [2.24, 2.45) is 5.92 Å². The van der Waals surface area contributed by atoms with Crippen LogP contribution >= 0.6 is 23.2 Å². The van der Waals surface area contributed by atoms with Gasteiger partial charge in [-0.25, -0.2) is 0 Å². The lowest BCUT2D eigenvalue weighted by molar-refractivity contribution is 0.217. The molecule has 1 aromatic carbocycles. The van der Waals surface area contributed by atoms with E-state index in [0.29, 0.717) is 22.3 Å². The van der Waals surface area contributed by atoms with E-state index in [1.165, 1.54) is 17.5 Å². The number of piperidine rings is 1. The monoisotopic (exact) mass is 366 g/mol. The number of aromatic nitrogens is 2. The van der Waals surface area contributed by atoms with Gasteiger partial charge in [-0.15, -0.1) is 0 Å². The highest BCUT2D eigenvalue weighted by Crippen LogP contribution is 2.20. The smallest absolute Gasteiger partial charge is 0.292 e. The molecular weight excluding hydrogens is 347 g/mol. The predicted molar refractivity (Wildman–Crippen MR) is 98.6 cm³/mol. The molecule has 1 unspecified atom stereocenters. The van der Waals surface area contributed by atoms with Crippen LogP contribution in [0.15, 0.2) is 35.3 Å². The van der Waals surface area contributed by atoms with Crippen LogP contribution < -0.4 is 10.9 Å². The van der Waals surface area contributed by atoms with E-state index in [4.69, 9.17) is 23.2 Å². The lowest BCUT2D eigenvalue weighted by Crippen LogP contribution is -2.35. The summed E-state index contributed by atoms with van der Waals surface area (Å²) in [5, 5.41) is 8.26. The molecule has 1 atom stereocenters. The zero-order chi connectivity index (χ0) is 17.1. The van der Waals surface area contributed by atoms with Crippen molar-refractivity contribution in [1.82, 2.24) is 14.7 Å². The zero-order valence-corrected chi connectivity index (χ0v) is 15.0. The number of hydrogen-bond donors (Lipinski definition) is 1. The summed E-state index contributed by atoms with van der Waals surface area (Å²) < 4.78 is 1.28. The third kappa shape index (κ3) is 3.91. The number of anilines is 1. The largest absolute Gasteiger partial charge is 0.382 e. The molecule has 0 aliphatic carbocycles. The first-order valence-electron chi connectivity index (χ1n) is 8.01. The number of likely N-dealkylation sites (tertiary alicyclic amines) is 1. The molecule has 0 bridgehead atoms. The summed E-state index contributed by atoms with van der Waals surface area (Å²) in [6.07, 6.45) is 3.99. The number of hydrogen-bond acceptors (Lipinski definition) is 4. The molecule has 1 aromatic heterocycles. The number of rotatable bonds is 4. The van der Waals surface area contributed by atoms with Crippen molar-refractivity contribution in [1.29, 1.82) is 0 Å². The van der Waals surface area contributed by atoms with Gasteiger partial charge in [-0.3, -0.25) is 4.79 Å². The fourth-order valence-electron chi connectivity index (χ4n) is 3.02. The summed E-state index contributed by atoms with van der Waals surface area (Å²) >= 11 is 12.1. The van der Waals surface area contributed by atoms with Gasteiger partial charge in [0.2, 0.25) is 0 Å². The van der Waals surface area contributed by atoms with Gasteiger partial charge in [0.1, 0.15) is 5.02 Å². The molecule has 1 aliphatic rings. The molecule has 2 aromatic rings. The zero-order valence-electron chi connectivity index (χ0n) is 13.5. The number of nitrogens with zero attached hydrogens (tertiary/aromatic N) is 3. The Morgan fingerprint density at radius 2 is 2.04 bits per heavy atom. The molecule has 1 aliphatic heterocycles. The molecule has 0 saturated carbocycles. The van der Waals surface area contributed by atoms with Gasteiger partial charge < -0.3 is 10.2 Å². The first-order valence-corrected chi connectivity index (χ1v) is 8.76. The van der Waals surface area contributed by atoms with Crippen LogP contribution in [0.3, 0.4) is 0 Å². The first kappa shape index (κ1) is 17.3. The number of nitrogens with one attached hydrogen (secondary N) is 1. The Morgan fingerprint density at radius 3 is 2.75 bits per heavy atom. The third-order valence-electron chi connectivity index (χ3n) is 4.29. The van der Waals surface area contributed by atoms with Gasteiger partial charge in [-0.2, -0.15) is 9.78 Å². The van der Waals surface area contributed by atoms with Gasteiger partial charge in [-0.05, 0) is 56.6 Å². The lowest BCUT2D eigenvalue weighted by Gasteiger charge is -2.30. The fourth-order valence-corrected chi connectivity index (χ4v) is 3.34. The summed E-state index contributed by atoms with van der Waals surface area (Å²) in [5.41, 5.74) is 0.872. The van der Waals surface area contributed by atoms with Gasteiger partial charge >= 0.3 is 0 Å². The van der Waals surface area contributed by atoms with Crippen molar-refractivity contribution >= 4 is 28.9 Å². The van der Waals surface area contributed by atoms with Crippen LogP contribution in [0.4, 0.5) is 5.69 Å². The standard InChI is InChI=1S/C17H20Cl2N4O/c1-22-8-2-3-12(11-22)9-20-15-10-21-23(17(24)16(15)19)14-6-4-13(18)5-7-14/h4-7,10,12,20H,2-3,8-9,11H2,1H3. The maximum absolute atomic E-state index is 12.5. The van der Waals surface area contributed by atoms with Gasteiger partial charge in [0.05, 0.1) is 17.6 Å². The molecule has 0 amide bonds. The van der Waals surface area contributed by atoms with E-state index in [-0.39, 0.29) is 10.6 Å². The molecule has 128 valence electrons. The van der Waals surface area contributed by atoms with E-state index >= 15 is 0 Å². The average molecular weight is 367 g/mol. The molecule has 1 saturated heterocycles. The molecule has 7 heteroatoms.